The van der Waals surface area contributed by atoms with Gasteiger partial charge in [0.2, 0.25) is 5.91 Å². The summed E-state index contributed by atoms with van der Waals surface area (Å²) in [4.78, 5) is 18.5. The van der Waals surface area contributed by atoms with Gasteiger partial charge in [0.15, 0.2) is 0 Å². The lowest BCUT2D eigenvalue weighted by Crippen LogP contribution is -2.39. The van der Waals surface area contributed by atoms with Crippen molar-refractivity contribution in [2.75, 3.05) is 13.2 Å². The largest absolute Gasteiger partial charge is 0.396 e. The summed E-state index contributed by atoms with van der Waals surface area (Å²) in [5, 5.41) is 11.9. The SMILES string of the molecule is O=C(C(CCO)c1ccc(Cl)cc1)N1CCc2c([nH]c3ccc(Cl)cc23)C1. The van der Waals surface area contributed by atoms with Crippen molar-refractivity contribution in [3.63, 3.8) is 0 Å². The van der Waals surface area contributed by atoms with Gasteiger partial charge in [-0.25, -0.2) is 0 Å². The average molecular weight is 403 g/mol. The number of carbonyl (C=O) groups excluding carboxylic acids is 1. The maximum absolute atomic E-state index is 13.2. The number of hydrogen-bond donors (Lipinski definition) is 2. The molecule has 0 saturated heterocycles. The van der Waals surface area contributed by atoms with E-state index in [1.54, 1.807) is 12.1 Å². The van der Waals surface area contributed by atoms with E-state index in [4.69, 9.17) is 23.2 Å². The van der Waals surface area contributed by atoms with Crippen LogP contribution < -0.4 is 0 Å². The molecule has 4 rings (SSSR count). The summed E-state index contributed by atoms with van der Waals surface area (Å²) in [5.74, 6) is -0.332. The molecule has 2 heterocycles. The van der Waals surface area contributed by atoms with E-state index in [0.717, 1.165) is 28.6 Å². The number of nitrogens with zero attached hydrogens (tertiary/aromatic N) is 1. The van der Waals surface area contributed by atoms with Crippen molar-refractivity contribution in [3.8, 4) is 0 Å². The van der Waals surface area contributed by atoms with Gasteiger partial charge in [-0.1, -0.05) is 35.3 Å². The third kappa shape index (κ3) is 3.57. The van der Waals surface area contributed by atoms with Gasteiger partial charge >= 0.3 is 0 Å². The Morgan fingerprint density at radius 2 is 1.89 bits per heavy atom. The van der Waals surface area contributed by atoms with E-state index in [0.29, 0.717) is 29.6 Å². The number of benzene rings is 2. The fourth-order valence-electron chi connectivity index (χ4n) is 3.88. The van der Waals surface area contributed by atoms with Crippen molar-refractivity contribution < 1.29 is 9.90 Å². The molecule has 1 amide bonds. The topological polar surface area (TPSA) is 56.3 Å². The zero-order chi connectivity index (χ0) is 19.0. The average Bonchev–Trinajstić information content (AvgIpc) is 3.03. The molecule has 140 valence electrons. The monoisotopic (exact) mass is 402 g/mol. The van der Waals surface area contributed by atoms with Crippen molar-refractivity contribution in [3.05, 3.63) is 69.3 Å². The van der Waals surface area contributed by atoms with E-state index >= 15 is 0 Å². The number of aromatic nitrogens is 1. The van der Waals surface area contributed by atoms with Crippen LogP contribution in [0.1, 0.15) is 29.2 Å². The molecule has 0 bridgehead atoms. The van der Waals surface area contributed by atoms with Crippen LogP contribution in [-0.2, 0) is 17.8 Å². The fraction of sp³-hybridized carbons (Fsp3) is 0.286. The second kappa shape index (κ2) is 7.55. The van der Waals surface area contributed by atoms with Gasteiger partial charge in [-0.2, -0.15) is 0 Å². The zero-order valence-electron chi connectivity index (χ0n) is 14.7. The van der Waals surface area contributed by atoms with E-state index in [9.17, 15) is 9.90 Å². The van der Waals surface area contributed by atoms with Crippen molar-refractivity contribution in [1.82, 2.24) is 9.88 Å². The second-order valence-corrected chi connectivity index (χ2v) is 7.77. The third-order valence-corrected chi connectivity index (χ3v) is 5.72. The summed E-state index contributed by atoms with van der Waals surface area (Å²) in [6.07, 6.45) is 1.18. The van der Waals surface area contributed by atoms with Crippen LogP contribution in [0, 0.1) is 0 Å². The zero-order valence-corrected chi connectivity index (χ0v) is 16.2. The Hall–Kier alpha value is -2.01. The first-order valence-electron chi connectivity index (χ1n) is 9.01. The molecule has 1 atom stereocenters. The molecule has 6 heteroatoms. The molecule has 1 aliphatic rings. The number of carbonyl (C=O) groups is 1. The van der Waals surface area contributed by atoms with Gasteiger partial charge in [0.25, 0.3) is 0 Å². The molecule has 2 N–H and O–H groups in total. The van der Waals surface area contributed by atoms with Crippen LogP contribution in [-0.4, -0.2) is 34.0 Å². The molecule has 0 radical (unpaired) electrons. The number of halogens is 2. The van der Waals surface area contributed by atoms with E-state index in [1.807, 2.05) is 35.2 Å². The minimum Gasteiger partial charge on any atom is -0.396 e. The minimum atomic E-state index is -0.368. The summed E-state index contributed by atoms with van der Waals surface area (Å²) in [7, 11) is 0. The lowest BCUT2D eigenvalue weighted by Gasteiger charge is -2.30. The Morgan fingerprint density at radius 3 is 2.63 bits per heavy atom. The lowest BCUT2D eigenvalue weighted by atomic mass is 9.93. The number of aromatic amines is 1. The van der Waals surface area contributed by atoms with Gasteiger partial charge in [0, 0.05) is 39.8 Å². The maximum atomic E-state index is 13.2. The van der Waals surface area contributed by atoms with Crippen molar-refractivity contribution in [2.45, 2.75) is 25.3 Å². The van der Waals surface area contributed by atoms with Crippen LogP contribution >= 0.6 is 23.2 Å². The van der Waals surface area contributed by atoms with Crippen LogP contribution in [0.25, 0.3) is 10.9 Å². The van der Waals surface area contributed by atoms with Gasteiger partial charge in [-0.15, -0.1) is 0 Å². The Morgan fingerprint density at radius 1 is 1.15 bits per heavy atom. The van der Waals surface area contributed by atoms with Gasteiger partial charge in [-0.3, -0.25) is 4.79 Å². The van der Waals surface area contributed by atoms with Crippen molar-refractivity contribution in [1.29, 1.82) is 0 Å². The van der Waals surface area contributed by atoms with Crippen molar-refractivity contribution >= 4 is 40.0 Å². The molecular weight excluding hydrogens is 383 g/mol. The third-order valence-electron chi connectivity index (χ3n) is 5.24. The molecule has 4 nitrogen and oxygen atoms in total. The number of H-pyrrole nitrogens is 1. The van der Waals surface area contributed by atoms with E-state index in [1.165, 1.54) is 5.56 Å². The highest BCUT2D eigenvalue weighted by Crippen LogP contribution is 2.32. The summed E-state index contributed by atoms with van der Waals surface area (Å²) in [5.41, 5.74) is 4.23. The first kappa shape index (κ1) is 18.4. The molecular formula is C21H20Cl2N2O2. The number of nitrogens with one attached hydrogen (secondary N) is 1. The Bertz CT molecular complexity index is 982. The normalized spacial score (nSPS) is 15.0. The quantitative estimate of drug-likeness (QED) is 0.673. The number of aliphatic hydroxyl groups excluding tert-OH is 1. The highest BCUT2D eigenvalue weighted by molar-refractivity contribution is 6.31. The van der Waals surface area contributed by atoms with E-state index in [-0.39, 0.29) is 18.4 Å². The van der Waals surface area contributed by atoms with E-state index < -0.39 is 0 Å². The van der Waals surface area contributed by atoms with Crippen LogP contribution in [0.15, 0.2) is 42.5 Å². The predicted molar refractivity (Wildman–Crippen MR) is 108 cm³/mol. The molecule has 0 saturated carbocycles. The fourth-order valence-corrected chi connectivity index (χ4v) is 4.18. The number of rotatable bonds is 4. The Labute approximate surface area is 167 Å². The minimum absolute atomic E-state index is 0.0358. The molecule has 0 spiro atoms. The van der Waals surface area contributed by atoms with Crippen LogP contribution in [0.4, 0.5) is 0 Å². The standard InChI is InChI=1S/C21H20Cl2N2O2/c22-14-3-1-13(2-4-14)16(8-10-26)21(27)25-9-7-17-18-11-15(23)5-6-19(18)24-20(17)12-25/h1-6,11,16,24,26H,7-10,12H2. The summed E-state index contributed by atoms with van der Waals surface area (Å²) in [6, 6.07) is 13.1. The highest BCUT2D eigenvalue weighted by atomic mass is 35.5. The predicted octanol–water partition coefficient (Wildman–Crippen LogP) is 4.53. The van der Waals surface area contributed by atoms with E-state index in [2.05, 4.69) is 4.98 Å². The van der Waals surface area contributed by atoms with Gasteiger partial charge in [0.1, 0.15) is 0 Å². The maximum Gasteiger partial charge on any atom is 0.230 e. The lowest BCUT2D eigenvalue weighted by molar-refractivity contribution is -0.134. The second-order valence-electron chi connectivity index (χ2n) is 6.90. The first-order chi connectivity index (χ1) is 13.1. The smallest absolute Gasteiger partial charge is 0.230 e. The number of amides is 1. The van der Waals surface area contributed by atoms with Crippen molar-refractivity contribution in [2.24, 2.45) is 0 Å². The van der Waals surface area contributed by atoms with Gasteiger partial charge < -0.3 is 15.0 Å². The number of fused-ring (bicyclic) bond motifs is 3. The van der Waals surface area contributed by atoms with Crippen LogP contribution in [0.3, 0.4) is 0 Å². The summed E-state index contributed by atoms with van der Waals surface area (Å²) >= 11 is 12.1. The molecule has 2 aromatic carbocycles. The molecule has 27 heavy (non-hydrogen) atoms. The Balaban J connectivity index is 1.60. The molecule has 1 aromatic heterocycles. The molecule has 1 unspecified atom stereocenters. The highest BCUT2D eigenvalue weighted by Gasteiger charge is 2.29. The molecule has 0 aliphatic carbocycles. The first-order valence-corrected chi connectivity index (χ1v) is 9.76. The van der Waals surface area contributed by atoms with Gasteiger partial charge in [0.05, 0.1) is 12.5 Å². The molecule has 0 fully saturated rings. The Kier molecular flexibility index (Phi) is 5.13. The number of hydrogen-bond acceptors (Lipinski definition) is 2. The molecule has 3 aromatic rings. The van der Waals surface area contributed by atoms with Crippen LogP contribution in [0.2, 0.25) is 10.0 Å². The molecule has 1 aliphatic heterocycles. The number of aliphatic hydroxyl groups is 1. The summed E-state index contributed by atoms with van der Waals surface area (Å²) < 4.78 is 0. The summed E-state index contributed by atoms with van der Waals surface area (Å²) in [6.45, 7) is 1.15. The van der Waals surface area contributed by atoms with Crippen LogP contribution in [0.5, 0.6) is 0 Å². The van der Waals surface area contributed by atoms with Gasteiger partial charge in [-0.05, 0) is 54.3 Å².